The molecule has 1 saturated heterocycles. The van der Waals surface area contributed by atoms with Gasteiger partial charge in [-0.25, -0.2) is 4.98 Å². The van der Waals surface area contributed by atoms with Crippen molar-refractivity contribution < 1.29 is 4.79 Å². The van der Waals surface area contributed by atoms with Crippen LogP contribution in [0, 0.1) is 5.92 Å². The fraction of sp³-hybridized carbons (Fsp3) is 0.444. The van der Waals surface area contributed by atoms with Gasteiger partial charge < -0.3 is 14.4 Å². The van der Waals surface area contributed by atoms with E-state index in [-0.39, 0.29) is 5.91 Å². The molecule has 3 rings (SSSR count). The summed E-state index contributed by atoms with van der Waals surface area (Å²) >= 11 is 0. The zero-order chi connectivity index (χ0) is 16.2. The molecule has 0 spiro atoms. The molecule has 0 radical (unpaired) electrons. The maximum atomic E-state index is 12.6. The van der Waals surface area contributed by atoms with Crippen LogP contribution in [0.3, 0.4) is 0 Å². The Labute approximate surface area is 137 Å². The van der Waals surface area contributed by atoms with Gasteiger partial charge in [-0.1, -0.05) is 0 Å². The molecule has 0 N–H and O–H groups in total. The van der Waals surface area contributed by atoms with Crippen LogP contribution in [0.4, 0.5) is 5.69 Å². The number of carbonyl (C=O) groups excluding carboxylic acids is 1. The average Bonchev–Trinajstić information content (AvgIpc) is 3.08. The SMILES string of the molecule is CN(C)c1ccc(C(=O)N2CCC(Cn3ccnc3)CC2)cc1. The van der Waals surface area contributed by atoms with Crippen LogP contribution in [-0.2, 0) is 6.54 Å². The lowest BCUT2D eigenvalue weighted by molar-refractivity contribution is 0.0683. The van der Waals surface area contributed by atoms with E-state index in [2.05, 4.69) is 9.55 Å². The molecular weight excluding hydrogens is 288 g/mol. The van der Waals surface area contributed by atoms with Gasteiger partial charge in [0, 0.05) is 57.4 Å². The Morgan fingerprint density at radius 1 is 1.22 bits per heavy atom. The molecule has 1 aromatic carbocycles. The van der Waals surface area contributed by atoms with Crippen molar-refractivity contribution in [3.05, 3.63) is 48.5 Å². The minimum absolute atomic E-state index is 0.149. The van der Waals surface area contributed by atoms with Crippen molar-refractivity contribution in [1.29, 1.82) is 0 Å². The second kappa shape index (κ2) is 6.86. The first-order valence-electron chi connectivity index (χ1n) is 8.16. The molecule has 2 heterocycles. The normalized spacial score (nSPS) is 15.7. The summed E-state index contributed by atoms with van der Waals surface area (Å²) in [5.74, 6) is 0.778. The molecule has 1 amide bonds. The highest BCUT2D eigenvalue weighted by atomic mass is 16.2. The van der Waals surface area contributed by atoms with Gasteiger partial charge in [0.2, 0.25) is 0 Å². The second-order valence-electron chi connectivity index (χ2n) is 6.44. The lowest BCUT2D eigenvalue weighted by atomic mass is 9.96. The van der Waals surface area contributed by atoms with E-state index in [1.165, 1.54) is 0 Å². The summed E-state index contributed by atoms with van der Waals surface area (Å²) in [6.07, 6.45) is 7.79. The van der Waals surface area contributed by atoms with Crippen molar-refractivity contribution in [2.24, 2.45) is 5.92 Å². The highest BCUT2D eigenvalue weighted by Gasteiger charge is 2.23. The number of aromatic nitrogens is 2. The number of likely N-dealkylation sites (tertiary alicyclic amines) is 1. The molecular formula is C18H24N4O. The molecule has 0 aliphatic carbocycles. The molecule has 1 aliphatic heterocycles. The van der Waals surface area contributed by atoms with Crippen LogP contribution in [0.2, 0.25) is 0 Å². The first kappa shape index (κ1) is 15.6. The Balaban J connectivity index is 1.55. The summed E-state index contributed by atoms with van der Waals surface area (Å²) in [6, 6.07) is 7.85. The van der Waals surface area contributed by atoms with Gasteiger partial charge in [-0.2, -0.15) is 0 Å². The number of nitrogens with zero attached hydrogens (tertiary/aromatic N) is 4. The predicted molar refractivity (Wildman–Crippen MR) is 91.6 cm³/mol. The van der Waals surface area contributed by atoms with E-state index in [0.29, 0.717) is 5.92 Å². The third-order valence-electron chi connectivity index (χ3n) is 4.56. The van der Waals surface area contributed by atoms with Crippen molar-refractivity contribution in [3.8, 4) is 0 Å². The monoisotopic (exact) mass is 312 g/mol. The highest BCUT2D eigenvalue weighted by Crippen LogP contribution is 2.21. The van der Waals surface area contributed by atoms with Crippen LogP contribution in [-0.4, -0.2) is 47.5 Å². The van der Waals surface area contributed by atoms with E-state index in [1.807, 2.05) is 66.9 Å². The molecule has 5 heteroatoms. The van der Waals surface area contributed by atoms with Gasteiger partial charge >= 0.3 is 0 Å². The van der Waals surface area contributed by atoms with Gasteiger partial charge in [0.25, 0.3) is 5.91 Å². The number of piperidine rings is 1. The van der Waals surface area contributed by atoms with E-state index in [4.69, 9.17) is 0 Å². The van der Waals surface area contributed by atoms with Crippen LogP contribution < -0.4 is 4.90 Å². The number of amides is 1. The maximum Gasteiger partial charge on any atom is 0.253 e. The molecule has 1 aliphatic rings. The average molecular weight is 312 g/mol. The lowest BCUT2D eigenvalue weighted by Crippen LogP contribution is -2.39. The third kappa shape index (κ3) is 3.73. The van der Waals surface area contributed by atoms with E-state index in [9.17, 15) is 4.79 Å². The Morgan fingerprint density at radius 3 is 2.48 bits per heavy atom. The van der Waals surface area contributed by atoms with E-state index in [0.717, 1.165) is 43.7 Å². The Bertz CT molecular complexity index is 626. The minimum Gasteiger partial charge on any atom is -0.378 e. The van der Waals surface area contributed by atoms with Gasteiger partial charge in [-0.3, -0.25) is 4.79 Å². The molecule has 0 bridgehead atoms. The highest BCUT2D eigenvalue weighted by molar-refractivity contribution is 5.94. The van der Waals surface area contributed by atoms with Gasteiger partial charge in [0.05, 0.1) is 6.33 Å². The van der Waals surface area contributed by atoms with Crippen LogP contribution in [0.1, 0.15) is 23.2 Å². The van der Waals surface area contributed by atoms with Gasteiger partial charge in [0.1, 0.15) is 0 Å². The number of imidazole rings is 1. The fourth-order valence-corrected chi connectivity index (χ4v) is 3.10. The van der Waals surface area contributed by atoms with Crippen molar-refractivity contribution in [1.82, 2.24) is 14.5 Å². The van der Waals surface area contributed by atoms with E-state index >= 15 is 0 Å². The number of benzene rings is 1. The maximum absolute atomic E-state index is 12.6. The summed E-state index contributed by atoms with van der Waals surface area (Å²) in [5.41, 5.74) is 1.89. The molecule has 23 heavy (non-hydrogen) atoms. The van der Waals surface area contributed by atoms with Gasteiger partial charge in [0.15, 0.2) is 0 Å². The lowest BCUT2D eigenvalue weighted by Gasteiger charge is -2.32. The minimum atomic E-state index is 0.149. The Hall–Kier alpha value is -2.30. The van der Waals surface area contributed by atoms with Crippen LogP contribution in [0.25, 0.3) is 0 Å². The Kier molecular flexibility index (Phi) is 4.65. The van der Waals surface area contributed by atoms with Crippen LogP contribution >= 0.6 is 0 Å². The topological polar surface area (TPSA) is 41.4 Å². The summed E-state index contributed by atoms with van der Waals surface area (Å²) in [4.78, 5) is 20.7. The number of hydrogen-bond donors (Lipinski definition) is 0. The zero-order valence-electron chi connectivity index (χ0n) is 13.9. The van der Waals surface area contributed by atoms with Crippen LogP contribution in [0.15, 0.2) is 43.0 Å². The first-order valence-corrected chi connectivity index (χ1v) is 8.16. The fourth-order valence-electron chi connectivity index (χ4n) is 3.10. The third-order valence-corrected chi connectivity index (χ3v) is 4.56. The smallest absolute Gasteiger partial charge is 0.253 e. The van der Waals surface area contributed by atoms with E-state index < -0.39 is 0 Å². The quantitative estimate of drug-likeness (QED) is 0.871. The first-order chi connectivity index (χ1) is 11.1. The largest absolute Gasteiger partial charge is 0.378 e. The summed E-state index contributed by atoms with van der Waals surface area (Å²) in [7, 11) is 4.00. The summed E-state index contributed by atoms with van der Waals surface area (Å²) in [5, 5.41) is 0. The van der Waals surface area contributed by atoms with Crippen molar-refractivity contribution in [3.63, 3.8) is 0 Å². The molecule has 0 atom stereocenters. The Morgan fingerprint density at radius 2 is 1.91 bits per heavy atom. The second-order valence-corrected chi connectivity index (χ2v) is 6.44. The summed E-state index contributed by atoms with van der Waals surface area (Å²) < 4.78 is 2.13. The molecule has 1 fully saturated rings. The van der Waals surface area contributed by atoms with Crippen molar-refractivity contribution >= 4 is 11.6 Å². The number of anilines is 1. The number of carbonyl (C=O) groups is 1. The molecule has 2 aromatic rings. The molecule has 0 unspecified atom stereocenters. The summed E-state index contributed by atoms with van der Waals surface area (Å²) in [6.45, 7) is 2.68. The van der Waals surface area contributed by atoms with Crippen LogP contribution in [0.5, 0.6) is 0 Å². The molecule has 5 nitrogen and oxygen atoms in total. The van der Waals surface area contributed by atoms with Gasteiger partial charge in [-0.05, 0) is 43.0 Å². The predicted octanol–water partition coefficient (Wildman–Crippen LogP) is 2.50. The van der Waals surface area contributed by atoms with Gasteiger partial charge in [-0.15, -0.1) is 0 Å². The number of rotatable bonds is 4. The zero-order valence-corrected chi connectivity index (χ0v) is 13.9. The molecule has 122 valence electrons. The molecule has 0 saturated carbocycles. The van der Waals surface area contributed by atoms with Crippen molar-refractivity contribution in [2.45, 2.75) is 19.4 Å². The van der Waals surface area contributed by atoms with Crippen molar-refractivity contribution in [2.75, 3.05) is 32.1 Å². The number of hydrogen-bond acceptors (Lipinski definition) is 3. The molecule has 1 aromatic heterocycles. The van der Waals surface area contributed by atoms with E-state index in [1.54, 1.807) is 0 Å². The standard InChI is InChI=1S/C18H24N4O/c1-20(2)17-5-3-16(4-6-17)18(23)22-10-7-15(8-11-22)13-21-12-9-19-14-21/h3-6,9,12,14-15H,7-8,10-11,13H2,1-2H3.